The Kier molecular flexibility index (Phi) is 5.52. The predicted molar refractivity (Wildman–Crippen MR) is 77.0 cm³/mol. The van der Waals surface area contributed by atoms with Gasteiger partial charge < -0.3 is 5.32 Å². The molecule has 0 fully saturated rings. The summed E-state index contributed by atoms with van der Waals surface area (Å²) in [5.74, 6) is 1.42. The first-order valence-electron chi connectivity index (χ1n) is 6.26. The standard InChI is InChI=1S/C11H11N5O2.C2H6/c1-7-12-8(2)14-11(13-7)15-9-5-3-4-6-10(9)16(17)18;1-2/h3-6H,1-2H3,(H,12,13,14,15);1-2H3. The Bertz CT molecular complexity index is 581. The Morgan fingerprint density at radius 1 is 1.05 bits per heavy atom. The average Bonchev–Trinajstić information content (AvgIpc) is 2.40. The number of rotatable bonds is 3. The van der Waals surface area contributed by atoms with E-state index in [2.05, 4.69) is 20.3 Å². The molecular formula is C13H17N5O2. The highest BCUT2D eigenvalue weighted by Crippen LogP contribution is 2.25. The van der Waals surface area contributed by atoms with Crippen LogP contribution in [-0.4, -0.2) is 19.9 Å². The van der Waals surface area contributed by atoms with Crippen molar-refractivity contribution in [1.82, 2.24) is 15.0 Å². The fourth-order valence-electron chi connectivity index (χ4n) is 1.53. The van der Waals surface area contributed by atoms with Crippen molar-refractivity contribution in [2.45, 2.75) is 27.7 Å². The maximum Gasteiger partial charge on any atom is 0.292 e. The normalized spacial score (nSPS) is 9.40. The third-order valence-corrected chi connectivity index (χ3v) is 2.21. The fraction of sp³-hybridized carbons (Fsp3) is 0.308. The van der Waals surface area contributed by atoms with Gasteiger partial charge in [0, 0.05) is 6.07 Å². The lowest BCUT2D eigenvalue weighted by atomic mass is 10.3. The number of hydrogen-bond donors (Lipinski definition) is 1. The van der Waals surface area contributed by atoms with E-state index in [0.717, 1.165) is 0 Å². The highest BCUT2D eigenvalue weighted by Gasteiger charge is 2.13. The maximum absolute atomic E-state index is 10.9. The van der Waals surface area contributed by atoms with Gasteiger partial charge in [0.05, 0.1) is 4.92 Å². The largest absolute Gasteiger partial charge is 0.318 e. The zero-order valence-electron chi connectivity index (χ0n) is 11.9. The molecule has 0 unspecified atom stereocenters. The minimum atomic E-state index is -0.455. The summed E-state index contributed by atoms with van der Waals surface area (Å²) in [6.07, 6.45) is 0. The van der Waals surface area contributed by atoms with Gasteiger partial charge in [-0.1, -0.05) is 26.0 Å². The van der Waals surface area contributed by atoms with Crippen molar-refractivity contribution in [3.05, 3.63) is 46.0 Å². The highest BCUT2D eigenvalue weighted by molar-refractivity contribution is 5.66. The number of nitro groups is 1. The summed E-state index contributed by atoms with van der Waals surface area (Å²) in [5.41, 5.74) is 0.334. The number of hydrogen-bond acceptors (Lipinski definition) is 6. The Labute approximate surface area is 117 Å². The van der Waals surface area contributed by atoms with Crippen LogP contribution in [0.15, 0.2) is 24.3 Å². The van der Waals surface area contributed by atoms with E-state index in [1.54, 1.807) is 32.0 Å². The molecule has 2 aromatic rings. The van der Waals surface area contributed by atoms with Gasteiger partial charge in [0.2, 0.25) is 5.95 Å². The van der Waals surface area contributed by atoms with E-state index < -0.39 is 4.92 Å². The highest BCUT2D eigenvalue weighted by atomic mass is 16.6. The third-order valence-electron chi connectivity index (χ3n) is 2.21. The van der Waals surface area contributed by atoms with Crippen LogP contribution in [0.2, 0.25) is 0 Å². The van der Waals surface area contributed by atoms with E-state index in [1.807, 2.05) is 13.8 Å². The van der Waals surface area contributed by atoms with Crippen LogP contribution < -0.4 is 5.32 Å². The van der Waals surface area contributed by atoms with E-state index >= 15 is 0 Å². The van der Waals surface area contributed by atoms with Gasteiger partial charge in [-0.15, -0.1) is 0 Å². The first kappa shape index (κ1) is 15.5. The molecular weight excluding hydrogens is 258 g/mol. The van der Waals surface area contributed by atoms with Gasteiger partial charge in [-0.25, -0.2) is 4.98 Å². The van der Waals surface area contributed by atoms with Gasteiger partial charge in [0.1, 0.15) is 17.3 Å². The monoisotopic (exact) mass is 275 g/mol. The van der Waals surface area contributed by atoms with Crippen LogP contribution >= 0.6 is 0 Å². The van der Waals surface area contributed by atoms with Crippen LogP contribution in [0.3, 0.4) is 0 Å². The molecule has 1 heterocycles. The molecule has 106 valence electrons. The van der Waals surface area contributed by atoms with Crippen LogP contribution in [0.5, 0.6) is 0 Å². The molecule has 0 saturated carbocycles. The van der Waals surface area contributed by atoms with E-state index in [0.29, 0.717) is 23.3 Å². The van der Waals surface area contributed by atoms with Crippen LogP contribution in [0.25, 0.3) is 0 Å². The lowest BCUT2D eigenvalue weighted by Crippen LogP contribution is -2.04. The second-order valence-electron chi connectivity index (χ2n) is 3.65. The van der Waals surface area contributed by atoms with Crippen LogP contribution in [0.4, 0.5) is 17.3 Å². The summed E-state index contributed by atoms with van der Waals surface area (Å²) in [4.78, 5) is 22.6. The molecule has 0 aliphatic heterocycles. The molecule has 7 heteroatoms. The van der Waals surface area contributed by atoms with Gasteiger partial charge in [-0.2, -0.15) is 9.97 Å². The number of aryl methyl sites for hydroxylation is 2. The summed E-state index contributed by atoms with van der Waals surface area (Å²) < 4.78 is 0. The smallest absolute Gasteiger partial charge is 0.292 e. The zero-order valence-corrected chi connectivity index (χ0v) is 11.9. The van der Waals surface area contributed by atoms with Gasteiger partial charge in [-0.05, 0) is 19.9 Å². The van der Waals surface area contributed by atoms with Gasteiger partial charge in [0.15, 0.2) is 0 Å². The molecule has 2 rings (SSSR count). The minimum Gasteiger partial charge on any atom is -0.318 e. The number of aromatic nitrogens is 3. The average molecular weight is 275 g/mol. The third kappa shape index (κ3) is 3.98. The van der Waals surface area contributed by atoms with Crippen molar-refractivity contribution in [1.29, 1.82) is 0 Å². The maximum atomic E-state index is 10.9. The number of anilines is 2. The molecule has 1 aromatic heterocycles. The zero-order chi connectivity index (χ0) is 15.1. The molecule has 0 radical (unpaired) electrons. The Morgan fingerprint density at radius 3 is 2.15 bits per heavy atom. The first-order chi connectivity index (χ1) is 9.56. The van der Waals surface area contributed by atoms with Crippen molar-refractivity contribution in [3.63, 3.8) is 0 Å². The van der Waals surface area contributed by atoms with E-state index in [1.165, 1.54) is 6.07 Å². The van der Waals surface area contributed by atoms with E-state index in [9.17, 15) is 10.1 Å². The quantitative estimate of drug-likeness (QED) is 0.683. The molecule has 0 aliphatic rings. The summed E-state index contributed by atoms with van der Waals surface area (Å²) in [6.45, 7) is 7.47. The van der Waals surface area contributed by atoms with Crippen molar-refractivity contribution in [2.75, 3.05) is 5.32 Å². The van der Waals surface area contributed by atoms with E-state index in [4.69, 9.17) is 0 Å². The second-order valence-corrected chi connectivity index (χ2v) is 3.65. The lowest BCUT2D eigenvalue weighted by molar-refractivity contribution is -0.383. The number of nitrogens with zero attached hydrogens (tertiary/aromatic N) is 4. The van der Waals surface area contributed by atoms with Crippen molar-refractivity contribution in [3.8, 4) is 0 Å². The first-order valence-corrected chi connectivity index (χ1v) is 6.26. The molecule has 7 nitrogen and oxygen atoms in total. The Balaban J connectivity index is 0.000000956. The van der Waals surface area contributed by atoms with Crippen LogP contribution in [0, 0.1) is 24.0 Å². The summed E-state index contributed by atoms with van der Waals surface area (Å²) in [7, 11) is 0. The number of benzene rings is 1. The molecule has 0 bridgehead atoms. The fourth-order valence-corrected chi connectivity index (χ4v) is 1.53. The van der Waals surface area contributed by atoms with Crippen LogP contribution in [-0.2, 0) is 0 Å². The second kappa shape index (κ2) is 7.13. The van der Waals surface area contributed by atoms with Crippen molar-refractivity contribution in [2.24, 2.45) is 0 Å². The molecule has 0 atom stereocenters. The number of nitro benzene ring substituents is 1. The van der Waals surface area contributed by atoms with Crippen LogP contribution in [0.1, 0.15) is 25.5 Å². The van der Waals surface area contributed by atoms with E-state index in [-0.39, 0.29) is 5.69 Å². The Morgan fingerprint density at radius 2 is 1.60 bits per heavy atom. The van der Waals surface area contributed by atoms with Gasteiger partial charge >= 0.3 is 0 Å². The topological polar surface area (TPSA) is 93.8 Å². The number of para-hydroxylation sites is 2. The molecule has 1 aromatic carbocycles. The SMILES string of the molecule is CC.Cc1nc(C)nc(Nc2ccccc2[N+](=O)[O-])n1. The molecule has 0 amide bonds. The predicted octanol–water partition coefficient (Wildman–Crippen LogP) is 3.17. The number of nitrogens with one attached hydrogen (secondary N) is 1. The summed E-state index contributed by atoms with van der Waals surface area (Å²) >= 11 is 0. The molecule has 20 heavy (non-hydrogen) atoms. The molecule has 0 spiro atoms. The van der Waals surface area contributed by atoms with Crippen molar-refractivity contribution < 1.29 is 4.92 Å². The minimum absolute atomic E-state index is 0.0202. The Hall–Kier alpha value is -2.57. The van der Waals surface area contributed by atoms with Gasteiger partial charge in [-0.3, -0.25) is 10.1 Å². The summed E-state index contributed by atoms with van der Waals surface area (Å²) in [5, 5.41) is 13.7. The molecule has 0 aliphatic carbocycles. The van der Waals surface area contributed by atoms with Crippen molar-refractivity contribution >= 4 is 17.3 Å². The molecule has 1 N–H and O–H groups in total. The molecule has 0 saturated heterocycles. The summed E-state index contributed by atoms with van der Waals surface area (Å²) in [6, 6.07) is 6.33. The lowest BCUT2D eigenvalue weighted by Gasteiger charge is -2.06. The van der Waals surface area contributed by atoms with Gasteiger partial charge in [0.25, 0.3) is 5.69 Å².